The molecule has 0 aliphatic rings. The molecule has 3 aromatic carbocycles. The van der Waals surface area contributed by atoms with E-state index in [0.717, 1.165) is 16.8 Å². The van der Waals surface area contributed by atoms with Crippen LogP contribution in [0.3, 0.4) is 0 Å². The number of aryl methyl sites for hydroxylation is 2. The molecule has 172 valence electrons. The van der Waals surface area contributed by atoms with Gasteiger partial charge in [0, 0.05) is 24.4 Å². The van der Waals surface area contributed by atoms with Gasteiger partial charge in [0.1, 0.15) is 11.4 Å². The lowest BCUT2D eigenvalue weighted by atomic mass is 10.0. The first-order valence-electron chi connectivity index (χ1n) is 10.9. The standard InChI is InChI=1S/C27H26N4O3/c1-17-10-11-20(14-18(17)2)26-23(16-31(30-26)22-8-6-5-7-9-22)27(33)29-21-12-13-25(34-4)24(15-21)28-19(3)32/h5-16H,1-4H3,(H,28,32)(H,29,33). The number of carbonyl (C=O) groups excluding carboxylic acids is 2. The van der Waals surface area contributed by atoms with Gasteiger partial charge in [-0.2, -0.15) is 5.10 Å². The zero-order valence-electron chi connectivity index (χ0n) is 19.5. The van der Waals surface area contributed by atoms with Gasteiger partial charge in [-0.15, -0.1) is 0 Å². The van der Waals surface area contributed by atoms with Gasteiger partial charge in [-0.1, -0.05) is 30.3 Å². The van der Waals surface area contributed by atoms with Gasteiger partial charge in [0.15, 0.2) is 0 Å². The van der Waals surface area contributed by atoms with Gasteiger partial charge in [-0.25, -0.2) is 4.68 Å². The summed E-state index contributed by atoms with van der Waals surface area (Å²) in [7, 11) is 1.52. The Labute approximate surface area is 198 Å². The molecule has 0 fully saturated rings. The molecule has 0 spiro atoms. The van der Waals surface area contributed by atoms with Gasteiger partial charge >= 0.3 is 0 Å². The van der Waals surface area contributed by atoms with Crippen molar-refractivity contribution in [3.8, 4) is 22.7 Å². The first-order valence-corrected chi connectivity index (χ1v) is 10.9. The summed E-state index contributed by atoms with van der Waals surface area (Å²) in [6.07, 6.45) is 1.73. The van der Waals surface area contributed by atoms with Crippen LogP contribution in [-0.4, -0.2) is 28.7 Å². The van der Waals surface area contributed by atoms with Gasteiger partial charge in [0.2, 0.25) is 5.91 Å². The molecule has 0 bridgehead atoms. The van der Waals surface area contributed by atoms with Crippen molar-refractivity contribution in [1.29, 1.82) is 0 Å². The van der Waals surface area contributed by atoms with E-state index < -0.39 is 0 Å². The number of nitrogens with zero attached hydrogens (tertiary/aromatic N) is 2. The quantitative estimate of drug-likeness (QED) is 0.410. The van der Waals surface area contributed by atoms with Crippen LogP contribution in [0.1, 0.15) is 28.4 Å². The van der Waals surface area contributed by atoms with Crippen molar-refractivity contribution >= 4 is 23.2 Å². The lowest BCUT2D eigenvalue weighted by Crippen LogP contribution is -2.13. The molecule has 0 saturated heterocycles. The number of carbonyl (C=O) groups is 2. The topological polar surface area (TPSA) is 85.2 Å². The molecule has 7 heteroatoms. The Morgan fingerprint density at radius 1 is 0.912 bits per heavy atom. The second-order valence-electron chi connectivity index (χ2n) is 8.02. The summed E-state index contributed by atoms with van der Waals surface area (Å²) >= 11 is 0. The number of ether oxygens (including phenoxy) is 1. The molecule has 2 amide bonds. The van der Waals surface area contributed by atoms with E-state index in [2.05, 4.69) is 10.6 Å². The molecule has 0 unspecified atom stereocenters. The molecule has 0 radical (unpaired) electrons. The summed E-state index contributed by atoms with van der Waals surface area (Å²) in [4.78, 5) is 25.0. The second-order valence-corrected chi connectivity index (χ2v) is 8.02. The number of para-hydroxylation sites is 1. The van der Waals surface area contributed by atoms with Crippen LogP contribution in [0.2, 0.25) is 0 Å². The van der Waals surface area contributed by atoms with Crippen molar-refractivity contribution in [3.05, 3.63) is 89.6 Å². The summed E-state index contributed by atoms with van der Waals surface area (Å²) < 4.78 is 7.00. The molecule has 4 rings (SSSR count). The molecule has 4 aromatic rings. The molecule has 0 atom stereocenters. The third kappa shape index (κ3) is 4.83. The zero-order valence-corrected chi connectivity index (χ0v) is 19.5. The van der Waals surface area contributed by atoms with E-state index in [1.807, 2.05) is 62.4 Å². The fraction of sp³-hybridized carbons (Fsp3) is 0.148. The highest BCUT2D eigenvalue weighted by Gasteiger charge is 2.20. The molecule has 7 nitrogen and oxygen atoms in total. The molecule has 0 aliphatic heterocycles. The third-order valence-electron chi connectivity index (χ3n) is 5.53. The number of hydrogen-bond donors (Lipinski definition) is 2. The van der Waals surface area contributed by atoms with E-state index in [0.29, 0.717) is 28.4 Å². The van der Waals surface area contributed by atoms with Crippen molar-refractivity contribution in [3.63, 3.8) is 0 Å². The van der Waals surface area contributed by atoms with Crippen molar-refractivity contribution in [2.45, 2.75) is 20.8 Å². The van der Waals surface area contributed by atoms with Crippen LogP contribution in [-0.2, 0) is 4.79 Å². The maximum absolute atomic E-state index is 13.4. The van der Waals surface area contributed by atoms with Crippen molar-refractivity contribution in [1.82, 2.24) is 9.78 Å². The van der Waals surface area contributed by atoms with Gasteiger partial charge in [0.05, 0.1) is 24.0 Å². The average Bonchev–Trinajstić information content (AvgIpc) is 3.27. The summed E-state index contributed by atoms with van der Waals surface area (Å²) in [5.41, 5.74) is 6.01. The maximum atomic E-state index is 13.4. The monoisotopic (exact) mass is 454 g/mol. The van der Waals surface area contributed by atoms with Crippen molar-refractivity contribution in [2.75, 3.05) is 17.7 Å². The molecular weight excluding hydrogens is 428 g/mol. The Morgan fingerprint density at radius 3 is 2.35 bits per heavy atom. The fourth-order valence-corrected chi connectivity index (χ4v) is 3.63. The predicted octanol–water partition coefficient (Wildman–Crippen LogP) is 5.38. The molecule has 2 N–H and O–H groups in total. The van der Waals surface area contributed by atoms with E-state index in [1.165, 1.54) is 19.6 Å². The maximum Gasteiger partial charge on any atom is 0.259 e. The highest BCUT2D eigenvalue weighted by atomic mass is 16.5. The Balaban J connectivity index is 1.74. The normalized spacial score (nSPS) is 10.6. The Kier molecular flexibility index (Phi) is 6.45. The van der Waals surface area contributed by atoms with Crippen LogP contribution in [0.4, 0.5) is 11.4 Å². The van der Waals surface area contributed by atoms with Crippen molar-refractivity contribution < 1.29 is 14.3 Å². The van der Waals surface area contributed by atoms with Crippen LogP contribution in [0, 0.1) is 13.8 Å². The lowest BCUT2D eigenvalue weighted by Gasteiger charge is -2.12. The molecular formula is C27H26N4O3. The smallest absolute Gasteiger partial charge is 0.259 e. The van der Waals surface area contributed by atoms with Gasteiger partial charge in [-0.05, 0) is 61.4 Å². The van der Waals surface area contributed by atoms with Crippen molar-refractivity contribution in [2.24, 2.45) is 0 Å². The summed E-state index contributed by atoms with van der Waals surface area (Å²) in [5.74, 6) is -0.0433. The van der Waals surface area contributed by atoms with E-state index in [9.17, 15) is 9.59 Å². The largest absolute Gasteiger partial charge is 0.495 e. The number of hydrogen-bond acceptors (Lipinski definition) is 4. The molecule has 34 heavy (non-hydrogen) atoms. The summed E-state index contributed by atoms with van der Waals surface area (Å²) in [6.45, 7) is 5.50. The number of amides is 2. The summed E-state index contributed by atoms with van der Waals surface area (Å²) in [6, 6.07) is 20.8. The first kappa shape index (κ1) is 22.8. The van der Waals surface area contributed by atoms with Crippen LogP contribution < -0.4 is 15.4 Å². The van der Waals surface area contributed by atoms with E-state index in [4.69, 9.17) is 9.84 Å². The molecule has 1 heterocycles. The van der Waals surface area contributed by atoms with Crippen LogP contribution in [0.25, 0.3) is 16.9 Å². The first-order chi connectivity index (χ1) is 16.4. The van der Waals surface area contributed by atoms with Gasteiger partial charge in [-0.3, -0.25) is 9.59 Å². The Morgan fingerprint density at radius 2 is 1.68 bits per heavy atom. The number of anilines is 2. The van der Waals surface area contributed by atoms with E-state index in [1.54, 1.807) is 29.1 Å². The third-order valence-corrected chi connectivity index (χ3v) is 5.53. The highest BCUT2D eigenvalue weighted by molar-refractivity contribution is 6.08. The van der Waals surface area contributed by atoms with Crippen LogP contribution in [0.15, 0.2) is 72.9 Å². The highest BCUT2D eigenvalue weighted by Crippen LogP contribution is 2.30. The number of methoxy groups -OCH3 is 1. The Bertz CT molecular complexity index is 1360. The number of aromatic nitrogens is 2. The summed E-state index contributed by atoms with van der Waals surface area (Å²) in [5, 5.41) is 10.4. The predicted molar refractivity (Wildman–Crippen MR) is 134 cm³/mol. The Hall–Kier alpha value is -4.39. The molecule has 0 aliphatic carbocycles. The second kappa shape index (κ2) is 9.62. The SMILES string of the molecule is COc1ccc(NC(=O)c2cn(-c3ccccc3)nc2-c2ccc(C)c(C)c2)cc1NC(C)=O. The minimum Gasteiger partial charge on any atom is -0.495 e. The number of rotatable bonds is 6. The van der Waals surface area contributed by atoms with E-state index >= 15 is 0 Å². The minimum absolute atomic E-state index is 0.233. The van der Waals surface area contributed by atoms with Crippen LogP contribution in [0.5, 0.6) is 5.75 Å². The van der Waals surface area contributed by atoms with E-state index in [-0.39, 0.29) is 11.8 Å². The molecule has 1 aromatic heterocycles. The average molecular weight is 455 g/mol. The number of nitrogens with one attached hydrogen (secondary N) is 2. The molecule has 0 saturated carbocycles. The zero-order chi connectivity index (χ0) is 24.2. The van der Waals surface area contributed by atoms with Crippen LogP contribution >= 0.6 is 0 Å². The number of benzene rings is 3. The van der Waals surface area contributed by atoms with Gasteiger partial charge < -0.3 is 15.4 Å². The minimum atomic E-state index is -0.311. The fourth-order valence-electron chi connectivity index (χ4n) is 3.63. The van der Waals surface area contributed by atoms with Gasteiger partial charge in [0.25, 0.3) is 5.91 Å². The lowest BCUT2D eigenvalue weighted by molar-refractivity contribution is -0.114.